The minimum absolute atomic E-state index is 0.0610. The zero-order valence-electron chi connectivity index (χ0n) is 19.8. The molecular weight excluding hydrogens is 444 g/mol. The van der Waals surface area contributed by atoms with Crippen LogP contribution in [0.2, 0.25) is 0 Å². The molecule has 3 aromatic rings. The highest BCUT2D eigenvalue weighted by Gasteiger charge is 2.41. The molecule has 1 N–H and O–H groups in total. The predicted molar refractivity (Wildman–Crippen MR) is 131 cm³/mol. The van der Waals surface area contributed by atoms with Gasteiger partial charge in [0.25, 0.3) is 5.91 Å². The van der Waals surface area contributed by atoms with Gasteiger partial charge in [-0.25, -0.2) is 0 Å². The van der Waals surface area contributed by atoms with Crippen LogP contribution < -0.4 is 19.5 Å². The lowest BCUT2D eigenvalue weighted by atomic mass is 9.87. The van der Waals surface area contributed by atoms with E-state index >= 15 is 0 Å². The number of nitrogens with zero attached hydrogens (tertiary/aromatic N) is 1. The Morgan fingerprint density at radius 2 is 1.77 bits per heavy atom. The summed E-state index contributed by atoms with van der Waals surface area (Å²) in [6.45, 7) is 3.27. The fourth-order valence-electron chi connectivity index (χ4n) is 4.88. The highest BCUT2D eigenvalue weighted by Crippen LogP contribution is 2.38. The van der Waals surface area contributed by atoms with Gasteiger partial charge in [0.05, 0.1) is 13.0 Å². The van der Waals surface area contributed by atoms with Gasteiger partial charge < -0.3 is 24.4 Å². The van der Waals surface area contributed by atoms with Crippen LogP contribution in [0.3, 0.4) is 0 Å². The second-order valence-corrected chi connectivity index (χ2v) is 8.89. The Labute approximate surface area is 204 Å². The minimum atomic E-state index is -0.409. The molecule has 1 saturated heterocycles. The fraction of sp³-hybridized carbons (Fsp3) is 0.286. The number of carbonyl (C=O) groups excluding carboxylic acids is 2. The molecule has 0 spiro atoms. The number of hydrogen-bond acceptors (Lipinski definition) is 5. The smallest absolute Gasteiger partial charge is 0.254 e. The average molecular weight is 473 g/mol. The van der Waals surface area contributed by atoms with Crippen LogP contribution in [0.5, 0.6) is 17.2 Å². The van der Waals surface area contributed by atoms with Crippen LogP contribution >= 0.6 is 0 Å². The van der Waals surface area contributed by atoms with E-state index in [-0.39, 0.29) is 24.5 Å². The molecule has 7 heteroatoms. The van der Waals surface area contributed by atoms with Crippen molar-refractivity contribution in [1.82, 2.24) is 10.2 Å². The molecule has 3 aromatic carbocycles. The molecule has 2 unspecified atom stereocenters. The second-order valence-electron chi connectivity index (χ2n) is 8.89. The summed E-state index contributed by atoms with van der Waals surface area (Å²) in [6.07, 6.45) is 0. The molecule has 2 aliphatic heterocycles. The number of amides is 2. The third-order valence-corrected chi connectivity index (χ3v) is 6.76. The number of methoxy groups -OCH3 is 1. The molecule has 2 aliphatic rings. The van der Waals surface area contributed by atoms with Gasteiger partial charge in [0, 0.05) is 31.1 Å². The van der Waals surface area contributed by atoms with Gasteiger partial charge in [-0.15, -0.1) is 0 Å². The maximum absolute atomic E-state index is 13.5. The van der Waals surface area contributed by atoms with Crippen molar-refractivity contribution in [2.75, 3.05) is 27.0 Å². The van der Waals surface area contributed by atoms with Crippen molar-refractivity contribution in [2.24, 2.45) is 5.92 Å². The molecule has 7 nitrogen and oxygen atoms in total. The zero-order valence-corrected chi connectivity index (χ0v) is 19.8. The third kappa shape index (κ3) is 4.54. The molecule has 2 amide bonds. The van der Waals surface area contributed by atoms with Crippen LogP contribution in [-0.2, 0) is 11.3 Å². The molecular formula is C28H28N2O5. The summed E-state index contributed by atoms with van der Waals surface area (Å²) in [5, 5.41) is 3.07. The van der Waals surface area contributed by atoms with Crippen LogP contribution in [0.25, 0.3) is 0 Å². The average Bonchev–Trinajstić information content (AvgIpc) is 3.54. The van der Waals surface area contributed by atoms with Crippen LogP contribution in [0.1, 0.15) is 33.0 Å². The van der Waals surface area contributed by atoms with Gasteiger partial charge in [-0.2, -0.15) is 0 Å². The molecule has 180 valence electrons. The Kier molecular flexibility index (Phi) is 6.31. The lowest BCUT2D eigenvalue weighted by Crippen LogP contribution is -2.35. The number of hydrogen-bond donors (Lipinski definition) is 1. The summed E-state index contributed by atoms with van der Waals surface area (Å²) in [5.41, 5.74) is 3.43. The summed E-state index contributed by atoms with van der Waals surface area (Å²) >= 11 is 0. The molecule has 0 aliphatic carbocycles. The number of ether oxygens (including phenoxy) is 3. The van der Waals surface area contributed by atoms with Crippen LogP contribution in [0, 0.1) is 12.8 Å². The first kappa shape index (κ1) is 22.8. The van der Waals surface area contributed by atoms with Crippen molar-refractivity contribution in [3.8, 4) is 17.2 Å². The zero-order chi connectivity index (χ0) is 24.4. The number of rotatable bonds is 6. The van der Waals surface area contributed by atoms with Gasteiger partial charge >= 0.3 is 0 Å². The number of fused-ring (bicyclic) bond motifs is 1. The van der Waals surface area contributed by atoms with Gasteiger partial charge in [-0.1, -0.05) is 42.5 Å². The summed E-state index contributed by atoms with van der Waals surface area (Å²) in [7, 11) is 1.62. The minimum Gasteiger partial charge on any atom is -0.496 e. The van der Waals surface area contributed by atoms with E-state index in [4.69, 9.17) is 14.2 Å². The van der Waals surface area contributed by atoms with Crippen molar-refractivity contribution in [3.05, 3.63) is 89.0 Å². The van der Waals surface area contributed by atoms with Crippen molar-refractivity contribution in [3.63, 3.8) is 0 Å². The Morgan fingerprint density at radius 1 is 1.00 bits per heavy atom. The largest absolute Gasteiger partial charge is 0.496 e. The van der Waals surface area contributed by atoms with Crippen LogP contribution in [0.15, 0.2) is 66.7 Å². The first-order valence-corrected chi connectivity index (χ1v) is 11.7. The van der Waals surface area contributed by atoms with E-state index in [1.807, 2.05) is 73.7 Å². The van der Waals surface area contributed by atoms with E-state index in [0.717, 1.165) is 22.4 Å². The molecule has 0 saturated carbocycles. The molecule has 5 rings (SSSR count). The Bertz CT molecular complexity index is 1260. The van der Waals surface area contributed by atoms with Gasteiger partial charge in [-0.3, -0.25) is 9.59 Å². The van der Waals surface area contributed by atoms with Gasteiger partial charge in [0.2, 0.25) is 12.7 Å². The van der Waals surface area contributed by atoms with E-state index in [1.54, 1.807) is 12.0 Å². The highest BCUT2D eigenvalue weighted by atomic mass is 16.7. The maximum Gasteiger partial charge on any atom is 0.254 e. The molecule has 35 heavy (non-hydrogen) atoms. The van der Waals surface area contributed by atoms with Crippen molar-refractivity contribution in [1.29, 1.82) is 0 Å². The second kappa shape index (κ2) is 9.70. The fourth-order valence-corrected chi connectivity index (χ4v) is 4.88. The molecule has 0 radical (unpaired) electrons. The van der Waals surface area contributed by atoms with Crippen LogP contribution in [0.4, 0.5) is 0 Å². The Balaban J connectivity index is 1.38. The lowest BCUT2D eigenvalue weighted by molar-refractivity contribution is -0.125. The first-order chi connectivity index (χ1) is 17.0. The molecule has 0 bridgehead atoms. The van der Waals surface area contributed by atoms with E-state index in [2.05, 4.69) is 5.32 Å². The standard InChI is InChI=1S/C28H28N2O5/c1-18-7-3-4-8-20(18)28(32)30-15-22(21-9-5-6-10-24(21)33-2)23(16-30)27(31)29-14-19-11-12-25-26(13-19)35-17-34-25/h3-13,22-23H,14-17H2,1-2H3,(H,29,31). The quantitative estimate of drug-likeness (QED) is 0.589. The van der Waals surface area contributed by atoms with Gasteiger partial charge in [0.1, 0.15) is 5.75 Å². The molecule has 2 atom stereocenters. The Hall–Kier alpha value is -4.00. The van der Waals surface area contributed by atoms with E-state index in [0.29, 0.717) is 36.7 Å². The SMILES string of the molecule is COc1ccccc1C1CN(C(=O)c2ccccc2C)CC1C(=O)NCc1ccc2c(c1)OCO2. The van der Waals surface area contributed by atoms with Gasteiger partial charge in [-0.05, 0) is 47.9 Å². The Morgan fingerprint density at radius 3 is 2.60 bits per heavy atom. The molecule has 1 fully saturated rings. The summed E-state index contributed by atoms with van der Waals surface area (Å²) < 4.78 is 16.4. The topological polar surface area (TPSA) is 77.1 Å². The number of benzene rings is 3. The van der Waals surface area contributed by atoms with Crippen molar-refractivity contribution in [2.45, 2.75) is 19.4 Å². The van der Waals surface area contributed by atoms with Gasteiger partial charge in [0.15, 0.2) is 11.5 Å². The lowest BCUT2D eigenvalue weighted by Gasteiger charge is -2.20. The number of nitrogens with one attached hydrogen (secondary N) is 1. The van der Waals surface area contributed by atoms with E-state index in [1.165, 1.54) is 0 Å². The summed E-state index contributed by atoms with van der Waals surface area (Å²) in [6, 6.07) is 20.9. The predicted octanol–water partition coefficient (Wildman–Crippen LogP) is 3.90. The molecule has 2 heterocycles. The summed E-state index contributed by atoms with van der Waals surface area (Å²) in [5.74, 6) is 1.35. The van der Waals surface area contributed by atoms with Crippen molar-refractivity contribution >= 4 is 11.8 Å². The van der Waals surface area contributed by atoms with E-state index < -0.39 is 5.92 Å². The number of likely N-dealkylation sites (tertiary alicyclic amines) is 1. The van der Waals surface area contributed by atoms with E-state index in [9.17, 15) is 9.59 Å². The third-order valence-electron chi connectivity index (χ3n) is 6.76. The monoisotopic (exact) mass is 472 g/mol. The number of carbonyl (C=O) groups is 2. The van der Waals surface area contributed by atoms with Crippen LogP contribution in [-0.4, -0.2) is 43.7 Å². The first-order valence-electron chi connectivity index (χ1n) is 11.7. The number of aryl methyl sites for hydroxylation is 1. The highest BCUT2D eigenvalue weighted by molar-refractivity contribution is 5.96. The van der Waals surface area contributed by atoms with Crippen molar-refractivity contribution < 1.29 is 23.8 Å². The number of para-hydroxylation sites is 1. The maximum atomic E-state index is 13.5. The molecule has 0 aromatic heterocycles. The normalized spacial score (nSPS) is 18.4. The summed E-state index contributed by atoms with van der Waals surface area (Å²) in [4.78, 5) is 28.6.